The highest BCUT2D eigenvalue weighted by atomic mass is 16.5. The van der Waals surface area contributed by atoms with Gasteiger partial charge in [0.1, 0.15) is 5.82 Å². The molecular weight excluding hydrogens is 292 g/mol. The van der Waals surface area contributed by atoms with E-state index in [-0.39, 0.29) is 6.04 Å². The highest BCUT2D eigenvalue weighted by Crippen LogP contribution is 2.28. The molecule has 0 saturated heterocycles. The summed E-state index contributed by atoms with van der Waals surface area (Å²) in [6.45, 7) is 5.71. The van der Waals surface area contributed by atoms with E-state index in [1.165, 1.54) is 5.69 Å². The molecule has 124 valence electrons. The van der Waals surface area contributed by atoms with Crippen molar-refractivity contribution in [3.05, 3.63) is 41.6 Å². The molecule has 0 spiro atoms. The molecule has 3 rings (SSSR count). The molecule has 6 nitrogen and oxygen atoms in total. The first-order chi connectivity index (χ1) is 11.2. The van der Waals surface area contributed by atoms with Crippen molar-refractivity contribution in [2.45, 2.75) is 32.5 Å². The van der Waals surface area contributed by atoms with E-state index < -0.39 is 0 Å². The normalized spacial score (nSPS) is 18.0. The lowest BCUT2D eigenvalue weighted by Gasteiger charge is -2.34. The summed E-state index contributed by atoms with van der Waals surface area (Å²) >= 11 is 0. The van der Waals surface area contributed by atoms with Crippen LogP contribution in [0.4, 0.5) is 0 Å². The first-order valence-electron chi connectivity index (χ1n) is 7.99. The van der Waals surface area contributed by atoms with Gasteiger partial charge >= 0.3 is 0 Å². The van der Waals surface area contributed by atoms with Gasteiger partial charge in [0.05, 0.1) is 19.8 Å². The zero-order valence-corrected chi connectivity index (χ0v) is 14.0. The molecule has 3 heterocycles. The van der Waals surface area contributed by atoms with Crippen LogP contribution in [0.15, 0.2) is 24.5 Å². The van der Waals surface area contributed by atoms with Crippen molar-refractivity contribution >= 4 is 0 Å². The Morgan fingerprint density at radius 3 is 2.91 bits per heavy atom. The number of fused-ring (bicyclic) bond motifs is 1. The van der Waals surface area contributed by atoms with Crippen molar-refractivity contribution in [1.29, 1.82) is 0 Å². The van der Waals surface area contributed by atoms with Crippen LogP contribution in [-0.4, -0.2) is 46.8 Å². The number of nitrogens with zero attached hydrogens (tertiary/aromatic N) is 4. The maximum absolute atomic E-state index is 5.37. The van der Waals surface area contributed by atoms with Gasteiger partial charge in [-0.15, -0.1) is 0 Å². The first kappa shape index (κ1) is 16.0. The van der Waals surface area contributed by atoms with Crippen molar-refractivity contribution in [3.8, 4) is 5.88 Å². The van der Waals surface area contributed by atoms with E-state index in [1.807, 2.05) is 12.3 Å². The van der Waals surface area contributed by atoms with E-state index in [4.69, 9.17) is 9.47 Å². The Morgan fingerprint density at radius 2 is 2.13 bits per heavy atom. The molecule has 0 radical (unpaired) electrons. The zero-order chi connectivity index (χ0) is 16.2. The van der Waals surface area contributed by atoms with Crippen LogP contribution in [0.3, 0.4) is 0 Å². The van der Waals surface area contributed by atoms with Gasteiger partial charge in [0, 0.05) is 56.8 Å². The third-order valence-corrected chi connectivity index (χ3v) is 4.48. The molecule has 6 heteroatoms. The molecule has 0 bridgehead atoms. The average molecular weight is 316 g/mol. The molecule has 0 aliphatic carbocycles. The highest BCUT2D eigenvalue weighted by molar-refractivity contribution is 5.25. The summed E-state index contributed by atoms with van der Waals surface area (Å²) in [4.78, 5) is 11.3. The molecule has 2 aromatic rings. The Bertz CT molecular complexity index is 656. The van der Waals surface area contributed by atoms with Crippen molar-refractivity contribution in [2.75, 3.05) is 27.4 Å². The van der Waals surface area contributed by atoms with Gasteiger partial charge in [-0.2, -0.15) is 0 Å². The number of ether oxygens (including phenoxy) is 2. The maximum Gasteiger partial charge on any atom is 0.217 e. The fourth-order valence-corrected chi connectivity index (χ4v) is 3.17. The molecule has 0 unspecified atom stereocenters. The second-order valence-corrected chi connectivity index (χ2v) is 5.82. The molecule has 0 aromatic carbocycles. The predicted molar refractivity (Wildman–Crippen MR) is 87.4 cm³/mol. The summed E-state index contributed by atoms with van der Waals surface area (Å²) < 4.78 is 12.9. The van der Waals surface area contributed by atoms with Gasteiger partial charge in [-0.05, 0) is 13.0 Å². The number of aromatic nitrogens is 3. The van der Waals surface area contributed by atoms with E-state index in [1.54, 1.807) is 20.4 Å². The predicted octanol–water partition coefficient (Wildman–Crippen LogP) is 2.05. The summed E-state index contributed by atoms with van der Waals surface area (Å²) in [5.41, 5.74) is 2.37. The van der Waals surface area contributed by atoms with Crippen LogP contribution in [0.1, 0.15) is 30.0 Å². The smallest absolute Gasteiger partial charge is 0.217 e. The number of imidazole rings is 1. The SMILES string of the molecule is COCCc1cnc2n1CCN(Cc1cccnc1OC)[C@@H]2C. The van der Waals surface area contributed by atoms with Gasteiger partial charge in [0.25, 0.3) is 0 Å². The third kappa shape index (κ3) is 3.23. The van der Waals surface area contributed by atoms with Gasteiger partial charge in [-0.3, -0.25) is 4.90 Å². The van der Waals surface area contributed by atoms with Crippen molar-refractivity contribution < 1.29 is 9.47 Å². The maximum atomic E-state index is 5.37. The topological polar surface area (TPSA) is 52.4 Å². The van der Waals surface area contributed by atoms with Gasteiger partial charge in [-0.25, -0.2) is 9.97 Å². The number of hydrogen-bond donors (Lipinski definition) is 0. The Balaban J connectivity index is 1.76. The number of pyridine rings is 1. The fourth-order valence-electron chi connectivity index (χ4n) is 3.17. The van der Waals surface area contributed by atoms with Crippen LogP contribution in [0.2, 0.25) is 0 Å². The van der Waals surface area contributed by atoms with Crippen LogP contribution >= 0.6 is 0 Å². The molecule has 0 saturated carbocycles. The van der Waals surface area contributed by atoms with E-state index in [9.17, 15) is 0 Å². The minimum atomic E-state index is 0.268. The molecule has 0 fully saturated rings. The number of hydrogen-bond acceptors (Lipinski definition) is 5. The Hall–Kier alpha value is -1.92. The lowest BCUT2D eigenvalue weighted by atomic mass is 10.1. The lowest BCUT2D eigenvalue weighted by molar-refractivity contribution is 0.151. The standard InChI is InChI=1S/C17H24N4O2/c1-13-16-19-11-15(6-10-22-2)21(16)9-8-20(13)12-14-5-4-7-18-17(14)23-3/h4-5,7,11,13H,6,8-10,12H2,1-3H3/t13-/m1/s1. The first-order valence-corrected chi connectivity index (χ1v) is 7.99. The summed E-state index contributed by atoms with van der Waals surface area (Å²) in [7, 11) is 3.40. The summed E-state index contributed by atoms with van der Waals surface area (Å²) in [6.07, 6.45) is 4.66. The second-order valence-electron chi connectivity index (χ2n) is 5.82. The second kappa shape index (κ2) is 7.10. The molecule has 2 aromatic heterocycles. The molecule has 0 N–H and O–H groups in total. The largest absolute Gasteiger partial charge is 0.481 e. The van der Waals surface area contributed by atoms with Gasteiger partial charge in [0.15, 0.2) is 0 Å². The van der Waals surface area contributed by atoms with Crippen LogP contribution in [0.25, 0.3) is 0 Å². The van der Waals surface area contributed by atoms with E-state index in [2.05, 4.69) is 32.4 Å². The van der Waals surface area contributed by atoms with Gasteiger partial charge in [0.2, 0.25) is 5.88 Å². The molecule has 1 aliphatic rings. The minimum absolute atomic E-state index is 0.268. The third-order valence-electron chi connectivity index (χ3n) is 4.48. The van der Waals surface area contributed by atoms with Crippen LogP contribution < -0.4 is 4.74 Å². The summed E-state index contributed by atoms with van der Waals surface area (Å²) in [6, 6.07) is 4.30. The van der Waals surface area contributed by atoms with E-state index in [0.29, 0.717) is 5.88 Å². The van der Waals surface area contributed by atoms with E-state index in [0.717, 1.165) is 44.0 Å². The highest BCUT2D eigenvalue weighted by Gasteiger charge is 2.27. The monoisotopic (exact) mass is 316 g/mol. The summed E-state index contributed by atoms with van der Waals surface area (Å²) in [5, 5.41) is 0. The molecular formula is C17H24N4O2. The molecule has 1 atom stereocenters. The van der Waals surface area contributed by atoms with Crippen LogP contribution in [0, 0.1) is 0 Å². The Kier molecular flexibility index (Phi) is 4.93. The van der Waals surface area contributed by atoms with Crippen LogP contribution in [0.5, 0.6) is 5.88 Å². The number of rotatable bonds is 6. The number of methoxy groups -OCH3 is 2. The van der Waals surface area contributed by atoms with Crippen molar-refractivity contribution in [2.24, 2.45) is 0 Å². The fraction of sp³-hybridized carbons (Fsp3) is 0.529. The minimum Gasteiger partial charge on any atom is -0.481 e. The van der Waals surface area contributed by atoms with Gasteiger partial charge in [-0.1, -0.05) is 6.07 Å². The molecule has 0 amide bonds. The quantitative estimate of drug-likeness (QED) is 0.816. The molecule has 23 heavy (non-hydrogen) atoms. The van der Waals surface area contributed by atoms with E-state index >= 15 is 0 Å². The average Bonchev–Trinajstić information content (AvgIpc) is 2.99. The molecule has 1 aliphatic heterocycles. The lowest BCUT2D eigenvalue weighted by Crippen LogP contribution is -2.37. The zero-order valence-electron chi connectivity index (χ0n) is 14.0. The Morgan fingerprint density at radius 1 is 1.26 bits per heavy atom. The summed E-state index contributed by atoms with van der Waals surface area (Å²) in [5.74, 6) is 1.83. The van der Waals surface area contributed by atoms with Crippen molar-refractivity contribution in [3.63, 3.8) is 0 Å². The van der Waals surface area contributed by atoms with Gasteiger partial charge < -0.3 is 14.0 Å². The van der Waals surface area contributed by atoms with Crippen LogP contribution in [-0.2, 0) is 24.2 Å². The van der Waals surface area contributed by atoms with Crippen molar-refractivity contribution in [1.82, 2.24) is 19.4 Å². The Labute approximate surface area is 137 Å².